The topological polar surface area (TPSA) is 116 Å². The standard InChI is InChI=1S/C26H44N2O6/c1-33-28(26-25(32)24(31)23(30)22(20-29)34-26)18-13-11-9-7-5-3-2-4-6-8-10-12-15-21-16-14-17-27-19-21/h5,7,14,16-17,19,22-26,29-32H,2-4,6,8-13,15,18,20H2,1H3/t22?,23-,24+,25?,26-/m1/s1. The van der Waals surface area contributed by atoms with Crippen LogP contribution in [0, 0.1) is 0 Å². The number of hydroxylamine groups is 2. The van der Waals surface area contributed by atoms with Gasteiger partial charge in [-0.2, -0.15) is 5.06 Å². The summed E-state index contributed by atoms with van der Waals surface area (Å²) in [6.45, 7) is 0.0593. The van der Waals surface area contributed by atoms with Crippen molar-refractivity contribution in [3.63, 3.8) is 0 Å². The first-order valence-corrected chi connectivity index (χ1v) is 12.7. The van der Waals surface area contributed by atoms with Gasteiger partial charge in [-0.05, 0) is 56.6 Å². The van der Waals surface area contributed by atoms with Gasteiger partial charge in [0.15, 0.2) is 6.23 Å². The smallest absolute Gasteiger partial charge is 0.162 e. The fourth-order valence-electron chi connectivity index (χ4n) is 4.25. The van der Waals surface area contributed by atoms with E-state index in [1.165, 1.54) is 56.3 Å². The fraction of sp³-hybridized carbons (Fsp3) is 0.731. The van der Waals surface area contributed by atoms with Crippen molar-refractivity contribution >= 4 is 0 Å². The Morgan fingerprint density at radius 1 is 0.941 bits per heavy atom. The Labute approximate surface area is 204 Å². The molecule has 2 rings (SSSR count). The van der Waals surface area contributed by atoms with E-state index in [1.807, 2.05) is 18.5 Å². The maximum Gasteiger partial charge on any atom is 0.162 e. The van der Waals surface area contributed by atoms with Gasteiger partial charge in [0.05, 0.1) is 13.7 Å². The van der Waals surface area contributed by atoms with Gasteiger partial charge >= 0.3 is 0 Å². The summed E-state index contributed by atoms with van der Waals surface area (Å²) in [6, 6.07) is 4.15. The molecule has 0 radical (unpaired) electrons. The largest absolute Gasteiger partial charge is 0.394 e. The summed E-state index contributed by atoms with van der Waals surface area (Å²) >= 11 is 0. The average molecular weight is 481 g/mol. The minimum atomic E-state index is -1.40. The summed E-state index contributed by atoms with van der Waals surface area (Å²) in [4.78, 5) is 9.48. The van der Waals surface area contributed by atoms with E-state index in [0.717, 1.165) is 32.1 Å². The average Bonchev–Trinajstić information content (AvgIpc) is 2.86. The predicted molar refractivity (Wildman–Crippen MR) is 131 cm³/mol. The van der Waals surface area contributed by atoms with Crippen LogP contribution in [0.3, 0.4) is 0 Å². The van der Waals surface area contributed by atoms with E-state index in [0.29, 0.717) is 6.54 Å². The number of hydrogen-bond acceptors (Lipinski definition) is 8. The van der Waals surface area contributed by atoms with E-state index in [2.05, 4.69) is 23.2 Å². The Bertz CT molecular complexity index is 660. The van der Waals surface area contributed by atoms with E-state index in [4.69, 9.17) is 9.57 Å². The van der Waals surface area contributed by atoms with Gasteiger partial charge in [-0.25, -0.2) is 0 Å². The second-order valence-corrected chi connectivity index (χ2v) is 9.03. The first-order chi connectivity index (χ1) is 16.6. The molecule has 4 N–H and O–H groups in total. The van der Waals surface area contributed by atoms with Gasteiger partial charge < -0.3 is 25.2 Å². The van der Waals surface area contributed by atoms with Gasteiger partial charge in [0.1, 0.15) is 24.4 Å². The molecule has 0 aromatic carbocycles. The molecule has 1 saturated heterocycles. The molecule has 5 atom stereocenters. The quantitative estimate of drug-likeness (QED) is 0.153. The Hall–Kier alpha value is -1.39. The highest BCUT2D eigenvalue weighted by atomic mass is 16.7. The van der Waals surface area contributed by atoms with Crippen molar-refractivity contribution in [1.82, 2.24) is 10.0 Å². The minimum absolute atomic E-state index is 0.448. The molecule has 2 unspecified atom stereocenters. The van der Waals surface area contributed by atoms with Crippen LogP contribution < -0.4 is 0 Å². The molecule has 1 aliphatic rings. The predicted octanol–water partition coefficient (Wildman–Crippen LogP) is 2.74. The highest BCUT2D eigenvalue weighted by molar-refractivity contribution is 5.08. The van der Waals surface area contributed by atoms with Gasteiger partial charge in [-0.1, -0.05) is 43.9 Å². The summed E-state index contributed by atoms with van der Waals surface area (Å²) in [6.07, 6.45) is 14.9. The Morgan fingerprint density at radius 2 is 1.62 bits per heavy atom. The lowest BCUT2D eigenvalue weighted by Crippen LogP contribution is -2.63. The second-order valence-electron chi connectivity index (χ2n) is 9.03. The lowest BCUT2D eigenvalue weighted by atomic mass is 9.98. The molecule has 1 fully saturated rings. The van der Waals surface area contributed by atoms with Crippen LogP contribution in [-0.2, 0) is 16.0 Å². The molecule has 0 saturated carbocycles. The zero-order valence-electron chi connectivity index (χ0n) is 20.5. The molecule has 8 heteroatoms. The highest BCUT2D eigenvalue weighted by Gasteiger charge is 2.45. The summed E-state index contributed by atoms with van der Waals surface area (Å²) in [5.74, 6) is 0. The molecular weight excluding hydrogens is 436 g/mol. The van der Waals surface area contributed by atoms with E-state index in [1.54, 1.807) is 0 Å². The molecule has 0 aliphatic carbocycles. The van der Waals surface area contributed by atoms with Crippen LogP contribution in [0.4, 0.5) is 0 Å². The van der Waals surface area contributed by atoms with Gasteiger partial charge in [0.2, 0.25) is 0 Å². The molecule has 8 nitrogen and oxygen atoms in total. The second kappa shape index (κ2) is 17.1. The first-order valence-electron chi connectivity index (χ1n) is 12.7. The van der Waals surface area contributed by atoms with Crippen LogP contribution in [0.2, 0.25) is 0 Å². The molecule has 0 amide bonds. The van der Waals surface area contributed by atoms with Crippen molar-refractivity contribution in [1.29, 1.82) is 0 Å². The summed E-state index contributed by atoms with van der Waals surface area (Å²) in [5, 5.41) is 40.9. The third-order valence-electron chi connectivity index (χ3n) is 6.36. The molecule has 2 heterocycles. The van der Waals surface area contributed by atoms with Crippen molar-refractivity contribution in [3.05, 3.63) is 42.2 Å². The number of aryl methyl sites for hydroxylation is 1. The number of nitrogens with zero attached hydrogens (tertiary/aromatic N) is 2. The number of aromatic nitrogens is 1. The molecule has 194 valence electrons. The first kappa shape index (κ1) is 28.8. The lowest BCUT2D eigenvalue weighted by molar-refractivity contribution is -0.328. The van der Waals surface area contributed by atoms with Gasteiger partial charge in [0.25, 0.3) is 0 Å². The number of allylic oxidation sites excluding steroid dienone is 2. The molecular formula is C26H44N2O6. The van der Waals surface area contributed by atoms with Crippen molar-refractivity contribution in [2.45, 2.75) is 101 Å². The van der Waals surface area contributed by atoms with E-state index < -0.39 is 37.3 Å². The van der Waals surface area contributed by atoms with Gasteiger partial charge in [-0.3, -0.25) is 9.82 Å². The van der Waals surface area contributed by atoms with E-state index >= 15 is 0 Å². The Balaban J connectivity index is 1.47. The zero-order chi connectivity index (χ0) is 24.6. The van der Waals surface area contributed by atoms with Crippen LogP contribution in [0.1, 0.15) is 69.8 Å². The number of unbranched alkanes of at least 4 members (excludes halogenated alkanes) is 8. The molecule has 1 aliphatic heterocycles. The highest BCUT2D eigenvalue weighted by Crippen LogP contribution is 2.24. The van der Waals surface area contributed by atoms with Crippen molar-refractivity contribution in [2.75, 3.05) is 20.3 Å². The summed E-state index contributed by atoms with van der Waals surface area (Å²) < 4.78 is 5.54. The van der Waals surface area contributed by atoms with Crippen LogP contribution in [0.25, 0.3) is 0 Å². The number of hydrogen-bond donors (Lipinski definition) is 4. The molecule has 1 aromatic rings. The maximum atomic E-state index is 10.2. The van der Waals surface area contributed by atoms with Crippen LogP contribution in [-0.4, -0.2) is 81.4 Å². The number of aliphatic hydroxyl groups is 4. The van der Waals surface area contributed by atoms with E-state index in [9.17, 15) is 20.4 Å². The summed E-state index contributed by atoms with van der Waals surface area (Å²) in [5.41, 5.74) is 1.33. The third-order valence-corrected chi connectivity index (χ3v) is 6.36. The van der Waals surface area contributed by atoms with Crippen LogP contribution >= 0.6 is 0 Å². The van der Waals surface area contributed by atoms with E-state index in [-0.39, 0.29) is 0 Å². The molecule has 34 heavy (non-hydrogen) atoms. The maximum absolute atomic E-state index is 10.2. The number of aliphatic hydroxyl groups excluding tert-OH is 4. The normalized spacial score (nSPS) is 25.4. The number of pyridine rings is 1. The molecule has 0 bridgehead atoms. The van der Waals surface area contributed by atoms with Crippen molar-refractivity contribution in [3.8, 4) is 0 Å². The fourth-order valence-corrected chi connectivity index (χ4v) is 4.25. The Kier molecular flexibility index (Phi) is 14.5. The lowest BCUT2D eigenvalue weighted by Gasteiger charge is -2.43. The SMILES string of the molecule is CON(CCCCC=CCCCCCCCCc1cccnc1)[C@@H]1OC(CO)[C@@H](O)[C@H](O)C1O. The zero-order valence-corrected chi connectivity index (χ0v) is 20.5. The van der Waals surface area contributed by atoms with Gasteiger partial charge in [-0.15, -0.1) is 0 Å². The number of ether oxygens (including phenoxy) is 1. The van der Waals surface area contributed by atoms with Crippen LogP contribution in [0.5, 0.6) is 0 Å². The Morgan fingerprint density at radius 3 is 2.26 bits per heavy atom. The van der Waals surface area contributed by atoms with Crippen LogP contribution in [0.15, 0.2) is 36.7 Å². The molecule has 1 aromatic heterocycles. The minimum Gasteiger partial charge on any atom is -0.394 e. The van der Waals surface area contributed by atoms with Crippen molar-refractivity contribution in [2.24, 2.45) is 0 Å². The third kappa shape index (κ3) is 10.1. The molecule has 0 spiro atoms. The van der Waals surface area contributed by atoms with Gasteiger partial charge in [0, 0.05) is 18.9 Å². The van der Waals surface area contributed by atoms with Crippen molar-refractivity contribution < 1.29 is 30.0 Å². The monoisotopic (exact) mass is 480 g/mol. The summed E-state index contributed by atoms with van der Waals surface area (Å²) in [7, 11) is 1.47. The number of rotatable bonds is 17.